The molecular weight excluding hydrogens is 364 g/mol. The normalized spacial score (nSPS) is 16.3. The molecule has 1 unspecified atom stereocenters. The van der Waals surface area contributed by atoms with E-state index in [4.69, 9.17) is 4.74 Å². The standard InChI is InChI=1S/C24H30N2O3/c1-2-21-8-6-7-16-26(21)24(28)20-13-11-19(12-14-20)18-25-23(27)15-17-29-22-9-4-3-5-10-22/h3-5,9-14,21H,2,6-8,15-18H2,1H3,(H,25,27). The van der Waals surface area contributed by atoms with Gasteiger partial charge in [-0.05, 0) is 55.5 Å². The number of rotatable bonds is 8. The van der Waals surface area contributed by atoms with Crippen LogP contribution in [0.15, 0.2) is 54.6 Å². The van der Waals surface area contributed by atoms with Gasteiger partial charge in [-0.3, -0.25) is 9.59 Å². The van der Waals surface area contributed by atoms with Crippen LogP contribution in [-0.4, -0.2) is 35.9 Å². The number of hydrogen-bond donors (Lipinski definition) is 1. The second kappa shape index (κ2) is 10.6. The molecule has 0 radical (unpaired) electrons. The minimum atomic E-state index is -0.0554. The van der Waals surface area contributed by atoms with Crippen LogP contribution in [0.1, 0.15) is 54.9 Å². The summed E-state index contributed by atoms with van der Waals surface area (Å²) in [5, 5.41) is 2.90. The monoisotopic (exact) mass is 394 g/mol. The van der Waals surface area contributed by atoms with Crippen LogP contribution < -0.4 is 10.1 Å². The van der Waals surface area contributed by atoms with Crippen molar-refractivity contribution in [2.75, 3.05) is 13.2 Å². The average molecular weight is 395 g/mol. The second-order valence-electron chi connectivity index (χ2n) is 7.44. The number of para-hydroxylation sites is 1. The van der Waals surface area contributed by atoms with Gasteiger partial charge >= 0.3 is 0 Å². The third kappa shape index (κ3) is 6.08. The third-order valence-corrected chi connectivity index (χ3v) is 5.39. The molecule has 1 aliphatic rings. The Labute approximate surface area is 173 Å². The Hall–Kier alpha value is -2.82. The number of hydrogen-bond acceptors (Lipinski definition) is 3. The summed E-state index contributed by atoms with van der Waals surface area (Å²) < 4.78 is 5.54. The second-order valence-corrected chi connectivity index (χ2v) is 7.44. The van der Waals surface area contributed by atoms with Gasteiger partial charge in [0.1, 0.15) is 5.75 Å². The Morgan fingerprint density at radius 3 is 2.55 bits per heavy atom. The Kier molecular flexibility index (Phi) is 7.68. The molecule has 1 fully saturated rings. The van der Waals surface area contributed by atoms with Gasteiger partial charge in [0.25, 0.3) is 5.91 Å². The van der Waals surface area contributed by atoms with Crippen LogP contribution in [0.3, 0.4) is 0 Å². The van der Waals surface area contributed by atoms with E-state index in [0.717, 1.165) is 42.7 Å². The van der Waals surface area contributed by atoms with Crippen LogP contribution in [0.4, 0.5) is 0 Å². The van der Waals surface area contributed by atoms with Gasteiger partial charge in [-0.15, -0.1) is 0 Å². The van der Waals surface area contributed by atoms with Crippen molar-refractivity contribution in [1.82, 2.24) is 10.2 Å². The molecule has 2 aromatic rings. The Bertz CT molecular complexity index is 790. The van der Waals surface area contributed by atoms with Crippen molar-refractivity contribution < 1.29 is 14.3 Å². The van der Waals surface area contributed by atoms with Crippen molar-refractivity contribution >= 4 is 11.8 Å². The number of likely N-dealkylation sites (tertiary alicyclic amines) is 1. The molecule has 2 aromatic carbocycles. The van der Waals surface area contributed by atoms with Crippen molar-refractivity contribution in [3.05, 3.63) is 65.7 Å². The molecular formula is C24H30N2O3. The van der Waals surface area contributed by atoms with Crippen LogP contribution in [0, 0.1) is 0 Å². The van der Waals surface area contributed by atoms with Gasteiger partial charge in [-0.25, -0.2) is 0 Å². The van der Waals surface area contributed by atoms with E-state index in [0.29, 0.717) is 25.6 Å². The number of nitrogens with zero attached hydrogens (tertiary/aromatic N) is 1. The summed E-state index contributed by atoms with van der Waals surface area (Å²) in [5.41, 5.74) is 1.70. The fourth-order valence-electron chi connectivity index (χ4n) is 3.69. The number of carbonyl (C=O) groups is 2. The van der Waals surface area contributed by atoms with Gasteiger partial charge in [0.15, 0.2) is 0 Å². The number of carbonyl (C=O) groups excluding carboxylic acids is 2. The van der Waals surface area contributed by atoms with Crippen LogP contribution in [0.2, 0.25) is 0 Å². The van der Waals surface area contributed by atoms with Crippen molar-refractivity contribution in [2.24, 2.45) is 0 Å². The van der Waals surface area contributed by atoms with Gasteiger partial charge < -0.3 is 15.0 Å². The maximum atomic E-state index is 12.8. The van der Waals surface area contributed by atoms with E-state index in [9.17, 15) is 9.59 Å². The zero-order chi connectivity index (χ0) is 20.5. The highest BCUT2D eigenvalue weighted by Crippen LogP contribution is 2.22. The summed E-state index contributed by atoms with van der Waals surface area (Å²) >= 11 is 0. The van der Waals surface area contributed by atoms with E-state index in [1.165, 1.54) is 6.42 Å². The third-order valence-electron chi connectivity index (χ3n) is 5.39. The molecule has 0 saturated carbocycles. The predicted octanol–water partition coefficient (Wildman–Crippen LogP) is 4.18. The van der Waals surface area contributed by atoms with Crippen LogP contribution >= 0.6 is 0 Å². The molecule has 2 amide bonds. The first kappa shape index (κ1) is 20.9. The van der Waals surface area contributed by atoms with Crippen molar-refractivity contribution in [3.63, 3.8) is 0 Å². The Morgan fingerprint density at radius 1 is 1.07 bits per heavy atom. The van der Waals surface area contributed by atoms with Crippen LogP contribution in [0.5, 0.6) is 5.75 Å². The lowest BCUT2D eigenvalue weighted by molar-refractivity contribution is -0.121. The first-order valence-corrected chi connectivity index (χ1v) is 10.5. The minimum absolute atomic E-state index is 0.0554. The maximum absolute atomic E-state index is 12.8. The Morgan fingerprint density at radius 2 is 1.83 bits per heavy atom. The molecule has 5 nitrogen and oxygen atoms in total. The maximum Gasteiger partial charge on any atom is 0.254 e. The van der Waals surface area contributed by atoms with Crippen molar-refractivity contribution in [1.29, 1.82) is 0 Å². The van der Waals surface area contributed by atoms with E-state index >= 15 is 0 Å². The van der Waals surface area contributed by atoms with Crippen LogP contribution in [0.25, 0.3) is 0 Å². The van der Waals surface area contributed by atoms with Gasteiger partial charge in [0.2, 0.25) is 5.91 Å². The molecule has 5 heteroatoms. The zero-order valence-electron chi connectivity index (χ0n) is 17.1. The summed E-state index contributed by atoms with van der Waals surface area (Å²) in [6, 6.07) is 17.4. The van der Waals surface area contributed by atoms with E-state index in [1.54, 1.807) is 0 Å². The lowest BCUT2D eigenvalue weighted by Gasteiger charge is -2.35. The first-order chi connectivity index (χ1) is 14.2. The molecule has 1 aliphatic heterocycles. The molecule has 1 heterocycles. The fourth-order valence-corrected chi connectivity index (χ4v) is 3.69. The van der Waals surface area contributed by atoms with Gasteiger partial charge in [0.05, 0.1) is 13.0 Å². The quantitative estimate of drug-likeness (QED) is 0.731. The minimum Gasteiger partial charge on any atom is -0.493 e. The summed E-state index contributed by atoms with van der Waals surface area (Å²) in [6.07, 6.45) is 4.70. The largest absolute Gasteiger partial charge is 0.493 e. The summed E-state index contributed by atoms with van der Waals surface area (Å²) in [5.74, 6) is 0.824. The van der Waals surface area contributed by atoms with E-state index in [2.05, 4.69) is 12.2 Å². The lowest BCUT2D eigenvalue weighted by Crippen LogP contribution is -2.43. The average Bonchev–Trinajstić information content (AvgIpc) is 2.78. The summed E-state index contributed by atoms with van der Waals surface area (Å²) in [4.78, 5) is 26.9. The molecule has 1 atom stereocenters. The highest BCUT2D eigenvalue weighted by molar-refractivity contribution is 5.94. The zero-order valence-corrected chi connectivity index (χ0v) is 17.1. The topological polar surface area (TPSA) is 58.6 Å². The molecule has 29 heavy (non-hydrogen) atoms. The predicted molar refractivity (Wildman–Crippen MR) is 114 cm³/mol. The van der Waals surface area contributed by atoms with E-state index < -0.39 is 0 Å². The number of amides is 2. The van der Waals surface area contributed by atoms with Crippen molar-refractivity contribution in [3.8, 4) is 5.75 Å². The lowest BCUT2D eigenvalue weighted by atomic mass is 9.98. The SMILES string of the molecule is CCC1CCCCN1C(=O)c1ccc(CNC(=O)CCOc2ccccc2)cc1. The highest BCUT2D eigenvalue weighted by atomic mass is 16.5. The van der Waals surface area contributed by atoms with Gasteiger partial charge in [-0.2, -0.15) is 0 Å². The molecule has 3 rings (SSSR count). The van der Waals surface area contributed by atoms with E-state index in [1.807, 2.05) is 59.5 Å². The fraction of sp³-hybridized carbons (Fsp3) is 0.417. The number of benzene rings is 2. The first-order valence-electron chi connectivity index (χ1n) is 10.5. The number of ether oxygens (including phenoxy) is 1. The molecule has 1 saturated heterocycles. The molecule has 0 aliphatic carbocycles. The smallest absolute Gasteiger partial charge is 0.254 e. The highest BCUT2D eigenvalue weighted by Gasteiger charge is 2.25. The number of nitrogens with one attached hydrogen (secondary N) is 1. The summed E-state index contributed by atoms with van der Waals surface area (Å²) in [7, 11) is 0. The van der Waals surface area contributed by atoms with Gasteiger partial charge in [0, 0.05) is 24.7 Å². The molecule has 0 aromatic heterocycles. The van der Waals surface area contributed by atoms with Gasteiger partial charge in [-0.1, -0.05) is 37.3 Å². The molecule has 1 N–H and O–H groups in total. The molecule has 154 valence electrons. The van der Waals surface area contributed by atoms with E-state index in [-0.39, 0.29) is 11.8 Å². The molecule has 0 bridgehead atoms. The molecule has 0 spiro atoms. The van der Waals surface area contributed by atoms with Crippen molar-refractivity contribution in [2.45, 2.75) is 51.6 Å². The Balaban J connectivity index is 1.44. The number of piperidine rings is 1. The van der Waals surface area contributed by atoms with Crippen LogP contribution in [-0.2, 0) is 11.3 Å². The summed E-state index contributed by atoms with van der Waals surface area (Å²) in [6.45, 7) is 3.78.